The van der Waals surface area contributed by atoms with Crippen LogP contribution in [0, 0.1) is 23.6 Å². The number of hydrogen-bond donors (Lipinski definition) is 0. The van der Waals surface area contributed by atoms with Gasteiger partial charge in [0, 0.05) is 19.0 Å². The number of piperidine rings is 1. The predicted octanol–water partition coefficient (Wildman–Crippen LogP) is 4.20. The van der Waals surface area contributed by atoms with E-state index in [1.807, 2.05) is 0 Å². The zero-order chi connectivity index (χ0) is 22.9. The Morgan fingerprint density at radius 3 is 2.66 bits per heavy atom. The fourth-order valence-electron chi connectivity index (χ4n) is 4.52. The van der Waals surface area contributed by atoms with E-state index in [1.54, 1.807) is 6.07 Å². The summed E-state index contributed by atoms with van der Waals surface area (Å²) < 4.78 is 49.2. The van der Waals surface area contributed by atoms with Gasteiger partial charge in [0.2, 0.25) is 0 Å². The maximum absolute atomic E-state index is 14.2. The number of nitrogens with zero attached hydrogens (tertiary/aromatic N) is 3. The van der Waals surface area contributed by atoms with E-state index >= 15 is 0 Å². The van der Waals surface area contributed by atoms with Crippen molar-refractivity contribution in [3.8, 4) is 0 Å². The van der Waals surface area contributed by atoms with Crippen LogP contribution in [0.15, 0.2) is 27.6 Å². The summed E-state index contributed by atoms with van der Waals surface area (Å²) in [5.41, 5.74) is 0.656. The van der Waals surface area contributed by atoms with Crippen molar-refractivity contribution < 1.29 is 22.1 Å². The molecule has 1 aromatic carbocycles. The third-order valence-electron chi connectivity index (χ3n) is 6.65. The molecular weight excluding hydrogens is 433 g/mol. The molecular formula is C23H32FN3O4S. The van der Waals surface area contributed by atoms with E-state index in [-0.39, 0.29) is 16.6 Å². The third kappa shape index (κ3) is 5.14. The molecule has 1 saturated heterocycles. The molecule has 0 spiro atoms. The summed E-state index contributed by atoms with van der Waals surface area (Å²) >= 11 is 0. The molecule has 1 aromatic heterocycles. The average Bonchev–Trinajstić information content (AvgIpc) is 3.36. The first-order valence-corrected chi connectivity index (χ1v) is 13.1. The molecule has 1 aliphatic carbocycles. The van der Waals surface area contributed by atoms with Crippen LogP contribution >= 0.6 is 0 Å². The predicted molar refractivity (Wildman–Crippen MR) is 119 cm³/mol. The summed E-state index contributed by atoms with van der Waals surface area (Å²) in [6, 6.07) is 4.88. The quantitative estimate of drug-likeness (QED) is 0.549. The van der Waals surface area contributed by atoms with Crippen molar-refractivity contribution in [2.45, 2.75) is 57.5 Å². The highest BCUT2D eigenvalue weighted by Gasteiger charge is 2.43. The van der Waals surface area contributed by atoms with Crippen LogP contribution in [0.2, 0.25) is 0 Å². The van der Waals surface area contributed by atoms with E-state index in [9.17, 15) is 12.8 Å². The average molecular weight is 466 g/mol. The van der Waals surface area contributed by atoms with Crippen LogP contribution in [0.5, 0.6) is 0 Å². The second kappa shape index (κ2) is 9.47. The highest BCUT2D eigenvalue weighted by atomic mass is 32.2. The molecule has 0 radical (unpaired) electrons. The van der Waals surface area contributed by atoms with E-state index in [1.165, 1.54) is 25.5 Å². The number of hydrogen-bond acceptors (Lipinski definition) is 7. The van der Waals surface area contributed by atoms with Crippen LogP contribution in [0.4, 0.5) is 10.4 Å². The normalized spacial score (nSPS) is 22.0. The van der Waals surface area contributed by atoms with Crippen molar-refractivity contribution in [1.29, 1.82) is 0 Å². The van der Waals surface area contributed by atoms with Gasteiger partial charge in [-0.1, -0.05) is 32.0 Å². The topological polar surface area (TPSA) is 85.5 Å². The van der Waals surface area contributed by atoms with Crippen molar-refractivity contribution in [2.75, 3.05) is 30.3 Å². The largest absolute Gasteiger partial charge is 0.376 e. The van der Waals surface area contributed by atoms with Gasteiger partial charge in [-0.15, -0.1) is 0 Å². The third-order valence-corrected chi connectivity index (χ3v) is 8.41. The number of benzene rings is 1. The second-order valence-electron chi connectivity index (χ2n) is 9.26. The van der Waals surface area contributed by atoms with Gasteiger partial charge >= 0.3 is 6.01 Å². The molecule has 1 aliphatic heterocycles. The summed E-state index contributed by atoms with van der Waals surface area (Å²) in [6.45, 7) is 8.43. The molecule has 2 aromatic rings. The highest BCUT2D eigenvalue weighted by molar-refractivity contribution is 7.91. The zero-order valence-electron chi connectivity index (χ0n) is 19.0. The summed E-state index contributed by atoms with van der Waals surface area (Å²) in [4.78, 5) is 6.44. The maximum atomic E-state index is 14.2. The summed E-state index contributed by atoms with van der Waals surface area (Å²) in [7, 11) is -3.55. The van der Waals surface area contributed by atoms with Crippen molar-refractivity contribution >= 4 is 15.9 Å². The number of anilines is 1. The van der Waals surface area contributed by atoms with Crippen LogP contribution in [0.25, 0.3) is 0 Å². The molecule has 2 fully saturated rings. The van der Waals surface area contributed by atoms with E-state index in [0.29, 0.717) is 42.5 Å². The number of rotatable bonds is 9. The fraction of sp³-hybridized carbons (Fsp3) is 0.652. The van der Waals surface area contributed by atoms with Gasteiger partial charge in [-0.3, -0.25) is 0 Å². The number of aromatic nitrogens is 2. The number of halogens is 1. The molecule has 2 atom stereocenters. The van der Waals surface area contributed by atoms with Crippen LogP contribution in [0.3, 0.4) is 0 Å². The van der Waals surface area contributed by atoms with E-state index in [2.05, 4.69) is 28.9 Å². The smallest absolute Gasteiger partial charge is 0.324 e. The van der Waals surface area contributed by atoms with Crippen molar-refractivity contribution in [2.24, 2.45) is 17.8 Å². The monoisotopic (exact) mass is 465 g/mol. The zero-order valence-corrected chi connectivity index (χ0v) is 19.8. The standard InChI is InChI=1S/C23H32FN3O4S/c1-4-32(28,29)21-6-5-16(11-20(21)24)13-30-14-18-12-19(18)17-7-9-27(10-8-17)23-25-22(15(2)3)26-31-23/h5-6,11,15,17-19H,4,7-10,12-14H2,1-3H3/t18-,19?/m0/s1. The molecule has 2 heterocycles. The van der Waals surface area contributed by atoms with Crippen molar-refractivity contribution in [1.82, 2.24) is 10.1 Å². The van der Waals surface area contributed by atoms with Gasteiger partial charge in [0.05, 0.1) is 19.0 Å². The Morgan fingerprint density at radius 2 is 2.03 bits per heavy atom. The minimum atomic E-state index is -3.55. The van der Waals surface area contributed by atoms with Crippen molar-refractivity contribution in [3.05, 3.63) is 35.4 Å². The first-order chi connectivity index (χ1) is 15.3. The Balaban J connectivity index is 1.20. The van der Waals surface area contributed by atoms with Gasteiger partial charge in [0.15, 0.2) is 15.7 Å². The Labute approximate surface area is 189 Å². The van der Waals surface area contributed by atoms with Crippen LogP contribution in [-0.4, -0.2) is 44.0 Å². The summed E-state index contributed by atoms with van der Waals surface area (Å²) in [5.74, 6) is 2.11. The Morgan fingerprint density at radius 1 is 1.28 bits per heavy atom. The molecule has 1 unspecified atom stereocenters. The molecule has 4 rings (SSSR count). The molecule has 1 saturated carbocycles. The molecule has 0 N–H and O–H groups in total. The lowest BCUT2D eigenvalue weighted by molar-refractivity contribution is 0.104. The van der Waals surface area contributed by atoms with Gasteiger partial charge in [-0.2, -0.15) is 4.98 Å². The minimum absolute atomic E-state index is 0.115. The van der Waals surface area contributed by atoms with Gasteiger partial charge in [0.25, 0.3) is 0 Å². The molecule has 32 heavy (non-hydrogen) atoms. The van der Waals surface area contributed by atoms with Gasteiger partial charge in [-0.25, -0.2) is 12.8 Å². The number of ether oxygens (including phenoxy) is 1. The SMILES string of the molecule is CCS(=O)(=O)c1ccc(COC[C@@H]2CC2C2CCN(c3nc(C(C)C)no3)CC2)cc1F. The lowest BCUT2D eigenvalue weighted by Crippen LogP contribution is -2.34. The minimum Gasteiger partial charge on any atom is -0.376 e. The van der Waals surface area contributed by atoms with Gasteiger partial charge in [0.1, 0.15) is 10.7 Å². The Hall–Kier alpha value is -2.00. The van der Waals surface area contributed by atoms with Crippen LogP contribution in [0.1, 0.15) is 57.3 Å². The Kier molecular flexibility index (Phi) is 6.86. The maximum Gasteiger partial charge on any atom is 0.324 e. The van der Waals surface area contributed by atoms with Crippen molar-refractivity contribution in [3.63, 3.8) is 0 Å². The lowest BCUT2D eigenvalue weighted by atomic mass is 9.91. The summed E-state index contributed by atoms with van der Waals surface area (Å²) in [6.07, 6.45) is 3.39. The van der Waals surface area contributed by atoms with E-state index in [0.717, 1.165) is 31.8 Å². The molecule has 0 bridgehead atoms. The van der Waals surface area contributed by atoms with Crippen LogP contribution < -0.4 is 4.90 Å². The second-order valence-corrected chi connectivity index (χ2v) is 11.5. The first-order valence-electron chi connectivity index (χ1n) is 11.5. The lowest BCUT2D eigenvalue weighted by Gasteiger charge is -2.30. The van der Waals surface area contributed by atoms with Gasteiger partial charge in [-0.05, 0) is 54.7 Å². The summed E-state index contributed by atoms with van der Waals surface area (Å²) in [5, 5.41) is 4.06. The fourth-order valence-corrected chi connectivity index (χ4v) is 5.46. The number of sulfone groups is 1. The van der Waals surface area contributed by atoms with E-state index < -0.39 is 15.7 Å². The molecule has 9 heteroatoms. The molecule has 176 valence electrons. The first kappa shape index (κ1) is 23.2. The molecule has 0 amide bonds. The van der Waals surface area contributed by atoms with Crippen LogP contribution in [-0.2, 0) is 21.2 Å². The Bertz CT molecular complexity index is 1030. The molecule has 7 nitrogen and oxygen atoms in total. The highest BCUT2D eigenvalue weighted by Crippen LogP contribution is 2.48. The van der Waals surface area contributed by atoms with E-state index in [4.69, 9.17) is 9.26 Å². The molecule has 2 aliphatic rings. The van der Waals surface area contributed by atoms with Gasteiger partial charge < -0.3 is 14.2 Å².